The summed E-state index contributed by atoms with van der Waals surface area (Å²) in [4.78, 5) is 19.6. The van der Waals surface area contributed by atoms with Crippen molar-refractivity contribution in [2.45, 2.75) is 13.0 Å². The van der Waals surface area contributed by atoms with E-state index in [9.17, 15) is 9.59 Å². The molecular formula is C15H26NO6+. The fourth-order valence-electron chi connectivity index (χ4n) is 0.881. The number of quaternary nitrogens is 1. The van der Waals surface area contributed by atoms with Crippen molar-refractivity contribution in [1.82, 2.24) is 0 Å². The van der Waals surface area contributed by atoms with Crippen LogP contribution in [0, 0.1) is 0 Å². The van der Waals surface area contributed by atoms with Crippen LogP contribution in [-0.4, -0.2) is 77.2 Å². The van der Waals surface area contributed by atoms with Gasteiger partial charge >= 0.3 is 11.9 Å². The maximum atomic E-state index is 10.2. The van der Waals surface area contributed by atoms with E-state index in [1.807, 2.05) is 0 Å². The minimum absolute atomic E-state index is 0.281. The van der Waals surface area contributed by atoms with Crippen LogP contribution in [0.2, 0.25) is 0 Å². The van der Waals surface area contributed by atoms with E-state index >= 15 is 0 Å². The number of hydrogen-bond acceptors (Lipinski definition) is 4. The summed E-state index contributed by atoms with van der Waals surface area (Å²) in [5.74, 6) is -2.06. The van der Waals surface area contributed by atoms with E-state index in [0.717, 1.165) is 11.0 Å². The van der Waals surface area contributed by atoms with Gasteiger partial charge in [0.05, 0.1) is 33.3 Å². The van der Waals surface area contributed by atoms with E-state index in [0.29, 0.717) is 5.56 Å². The standard InChI is InChI=1S/C7H6O2.C5H14NO.C3H6O3/c8-7(9)6-4-2-1-3-5-6;1-6(2,3)4-5-7;1-2(4)3(5)6/h1-5H,(H,8,9);7H,4-5H2,1-3H3;2,4H,1H3,(H,5,6)/q;+1;. The molecule has 0 heterocycles. The Morgan fingerprint density at radius 3 is 1.64 bits per heavy atom. The first-order valence-electron chi connectivity index (χ1n) is 6.61. The molecule has 0 aliphatic carbocycles. The second kappa shape index (κ2) is 11.7. The lowest BCUT2D eigenvalue weighted by Gasteiger charge is -2.21. The molecule has 0 radical (unpaired) electrons. The zero-order valence-electron chi connectivity index (χ0n) is 13.4. The highest BCUT2D eigenvalue weighted by molar-refractivity contribution is 5.87. The normalized spacial score (nSPS) is 11.2. The number of aliphatic hydroxyl groups is 2. The predicted molar refractivity (Wildman–Crippen MR) is 82.7 cm³/mol. The topological polar surface area (TPSA) is 115 Å². The van der Waals surface area contributed by atoms with E-state index in [1.165, 1.54) is 6.92 Å². The molecule has 0 aliphatic heterocycles. The summed E-state index contributed by atoms with van der Waals surface area (Å²) in [6.07, 6.45) is -1.23. The van der Waals surface area contributed by atoms with Crippen molar-refractivity contribution < 1.29 is 34.5 Å². The Balaban J connectivity index is 0. The molecule has 0 saturated heterocycles. The molecule has 4 N–H and O–H groups in total. The fourth-order valence-corrected chi connectivity index (χ4v) is 0.881. The molecule has 0 spiro atoms. The molecule has 7 heteroatoms. The number of hydrogen-bond donors (Lipinski definition) is 4. The van der Waals surface area contributed by atoms with Crippen LogP contribution in [0.5, 0.6) is 0 Å². The van der Waals surface area contributed by atoms with Crippen LogP contribution >= 0.6 is 0 Å². The van der Waals surface area contributed by atoms with Gasteiger partial charge in [0.2, 0.25) is 0 Å². The summed E-state index contributed by atoms with van der Waals surface area (Å²) in [7, 11) is 6.16. The highest BCUT2D eigenvalue weighted by atomic mass is 16.4. The van der Waals surface area contributed by atoms with E-state index in [-0.39, 0.29) is 6.61 Å². The Kier molecular flexibility index (Phi) is 11.8. The van der Waals surface area contributed by atoms with Gasteiger partial charge in [0.1, 0.15) is 12.6 Å². The fraction of sp³-hybridized carbons (Fsp3) is 0.467. The zero-order valence-corrected chi connectivity index (χ0v) is 13.4. The molecule has 0 amide bonds. The van der Waals surface area contributed by atoms with Crippen molar-refractivity contribution in [2.75, 3.05) is 34.3 Å². The van der Waals surface area contributed by atoms with Gasteiger partial charge in [-0.25, -0.2) is 9.59 Å². The van der Waals surface area contributed by atoms with Crippen LogP contribution in [0.4, 0.5) is 0 Å². The van der Waals surface area contributed by atoms with Crippen molar-refractivity contribution in [3.8, 4) is 0 Å². The number of aliphatic hydroxyl groups excluding tert-OH is 2. The van der Waals surface area contributed by atoms with Crippen molar-refractivity contribution in [2.24, 2.45) is 0 Å². The van der Waals surface area contributed by atoms with Gasteiger partial charge in [-0.1, -0.05) is 18.2 Å². The minimum atomic E-state index is -1.23. The average molecular weight is 316 g/mol. The Morgan fingerprint density at radius 2 is 1.50 bits per heavy atom. The molecule has 1 aromatic rings. The first kappa shape index (κ1) is 22.3. The molecule has 1 unspecified atom stereocenters. The maximum absolute atomic E-state index is 10.2. The molecule has 1 atom stereocenters. The highest BCUT2D eigenvalue weighted by Crippen LogP contribution is 1.96. The number of aliphatic carboxylic acids is 1. The Bertz CT molecular complexity index is 425. The largest absolute Gasteiger partial charge is 0.479 e. The van der Waals surface area contributed by atoms with Crippen LogP contribution in [-0.2, 0) is 4.79 Å². The number of nitrogens with zero attached hydrogens (tertiary/aromatic N) is 1. The van der Waals surface area contributed by atoms with E-state index in [2.05, 4.69) is 21.1 Å². The third-order valence-corrected chi connectivity index (χ3v) is 2.15. The maximum Gasteiger partial charge on any atom is 0.335 e. The summed E-state index contributed by atoms with van der Waals surface area (Å²) in [6, 6.07) is 8.30. The van der Waals surface area contributed by atoms with Gasteiger partial charge in [-0.2, -0.15) is 0 Å². The van der Waals surface area contributed by atoms with Gasteiger partial charge in [0.25, 0.3) is 0 Å². The molecule has 0 aromatic heterocycles. The highest BCUT2D eigenvalue weighted by Gasteiger charge is 2.02. The minimum Gasteiger partial charge on any atom is -0.479 e. The first-order valence-corrected chi connectivity index (χ1v) is 6.61. The Labute approximate surface area is 130 Å². The molecule has 1 aromatic carbocycles. The number of aromatic carboxylic acids is 1. The lowest BCUT2D eigenvalue weighted by atomic mass is 10.2. The average Bonchev–Trinajstić information content (AvgIpc) is 2.39. The van der Waals surface area contributed by atoms with Crippen molar-refractivity contribution in [3.63, 3.8) is 0 Å². The van der Waals surface area contributed by atoms with Crippen LogP contribution in [0.15, 0.2) is 30.3 Å². The third kappa shape index (κ3) is 16.1. The number of rotatable bonds is 4. The van der Waals surface area contributed by atoms with E-state index < -0.39 is 18.0 Å². The molecule has 126 valence electrons. The monoisotopic (exact) mass is 316 g/mol. The van der Waals surface area contributed by atoms with Crippen LogP contribution in [0.1, 0.15) is 17.3 Å². The smallest absolute Gasteiger partial charge is 0.335 e. The predicted octanol–water partition coefficient (Wildman–Crippen LogP) is 0.522. The van der Waals surface area contributed by atoms with Gasteiger partial charge in [-0.15, -0.1) is 0 Å². The molecular weight excluding hydrogens is 290 g/mol. The number of carboxylic acids is 2. The van der Waals surface area contributed by atoms with Crippen molar-refractivity contribution in [3.05, 3.63) is 35.9 Å². The lowest BCUT2D eigenvalue weighted by molar-refractivity contribution is -0.870. The molecule has 0 aliphatic rings. The van der Waals surface area contributed by atoms with Crippen LogP contribution in [0.25, 0.3) is 0 Å². The third-order valence-electron chi connectivity index (χ3n) is 2.15. The number of carboxylic acid groups (broad SMARTS) is 2. The molecule has 0 bridgehead atoms. The molecule has 7 nitrogen and oxygen atoms in total. The summed E-state index contributed by atoms with van der Waals surface area (Å²) in [5.41, 5.74) is 0.331. The quantitative estimate of drug-likeness (QED) is 0.602. The molecule has 22 heavy (non-hydrogen) atoms. The van der Waals surface area contributed by atoms with Crippen molar-refractivity contribution >= 4 is 11.9 Å². The molecule has 1 rings (SSSR count). The van der Waals surface area contributed by atoms with Crippen LogP contribution < -0.4 is 0 Å². The first-order chi connectivity index (χ1) is 10.0. The Hall–Kier alpha value is -1.96. The van der Waals surface area contributed by atoms with Crippen molar-refractivity contribution in [1.29, 1.82) is 0 Å². The number of carbonyl (C=O) groups is 2. The van der Waals surface area contributed by atoms with Gasteiger partial charge in [-0.3, -0.25) is 0 Å². The summed E-state index contributed by atoms with van der Waals surface area (Å²) in [6.45, 7) is 2.31. The zero-order chi connectivity index (χ0) is 17.8. The van der Waals surface area contributed by atoms with Gasteiger partial charge in [0.15, 0.2) is 0 Å². The summed E-state index contributed by atoms with van der Waals surface area (Å²) in [5, 5.41) is 32.5. The lowest BCUT2D eigenvalue weighted by Crippen LogP contribution is -2.36. The summed E-state index contributed by atoms with van der Waals surface area (Å²) >= 11 is 0. The SMILES string of the molecule is CC(O)C(=O)O.C[N+](C)(C)CCO.O=C(O)c1ccccc1. The second-order valence-electron chi connectivity index (χ2n) is 5.42. The van der Waals surface area contributed by atoms with Gasteiger partial charge < -0.3 is 24.9 Å². The van der Waals surface area contributed by atoms with E-state index in [4.69, 9.17) is 20.4 Å². The van der Waals surface area contributed by atoms with Gasteiger partial charge in [-0.05, 0) is 19.1 Å². The molecule has 0 saturated carbocycles. The van der Waals surface area contributed by atoms with Crippen LogP contribution in [0.3, 0.4) is 0 Å². The van der Waals surface area contributed by atoms with E-state index in [1.54, 1.807) is 30.3 Å². The second-order valence-corrected chi connectivity index (χ2v) is 5.42. The molecule has 0 fully saturated rings. The number of benzene rings is 1. The summed E-state index contributed by atoms with van der Waals surface area (Å²) < 4.78 is 0.844. The van der Waals surface area contributed by atoms with Gasteiger partial charge in [0, 0.05) is 0 Å². The number of likely N-dealkylation sites (N-methyl/N-ethyl adjacent to an activating group) is 1. The Morgan fingerprint density at radius 1 is 1.09 bits per heavy atom.